The van der Waals surface area contributed by atoms with Crippen molar-refractivity contribution in [2.45, 2.75) is 33.2 Å². The summed E-state index contributed by atoms with van der Waals surface area (Å²) in [5, 5.41) is 8.67. The number of urea groups is 1. The quantitative estimate of drug-likeness (QED) is 0.564. The molecule has 7 nitrogen and oxygen atoms in total. The second-order valence-electron chi connectivity index (χ2n) is 6.48. The molecule has 2 amide bonds. The van der Waals surface area contributed by atoms with Gasteiger partial charge in [-0.3, -0.25) is 0 Å². The van der Waals surface area contributed by atoms with Gasteiger partial charge in [0.1, 0.15) is 0 Å². The van der Waals surface area contributed by atoms with E-state index < -0.39 is 0 Å². The van der Waals surface area contributed by atoms with Crippen LogP contribution in [0.4, 0.5) is 10.5 Å². The summed E-state index contributed by atoms with van der Waals surface area (Å²) in [6, 6.07) is 8.57. The number of aryl methyl sites for hydroxylation is 2. The number of benzene rings is 1. The molecule has 3 aromatic rings. The van der Waals surface area contributed by atoms with E-state index in [0.717, 1.165) is 22.7 Å². The van der Waals surface area contributed by atoms with Crippen LogP contribution in [0.1, 0.15) is 36.2 Å². The number of aromatic nitrogens is 2. The first-order valence-electron chi connectivity index (χ1n) is 9.29. The third kappa shape index (κ3) is 5.45. The highest BCUT2D eigenvalue weighted by molar-refractivity contribution is 7.09. The summed E-state index contributed by atoms with van der Waals surface area (Å²) in [4.78, 5) is 21.0. The lowest BCUT2D eigenvalue weighted by Gasteiger charge is -2.13. The van der Waals surface area contributed by atoms with E-state index in [4.69, 9.17) is 9.47 Å². The Morgan fingerprint density at radius 2 is 2.07 bits per heavy atom. The molecule has 0 fully saturated rings. The number of nitrogens with one attached hydrogen (secondary N) is 2. The number of hydrogen-bond donors (Lipinski definition) is 2. The minimum Gasteiger partial charge on any atom is -0.493 e. The van der Waals surface area contributed by atoms with E-state index >= 15 is 0 Å². The molecule has 1 atom stereocenters. The molecule has 0 saturated carbocycles. The van der Waals surface area contributed by atoms with E-state index in [9.17, 15) is 4.79 Å². The number of hydrogen-bond acceptors (Lipinski definition) is 6. The number of methoxy groups -OCH3 is 1. The van der Waals surface area contributed by atoms with Crippen molar-refractivity contribution in [3.05, 3.63) is 58.2 Å². The van der Waals surface area contributed by atoms with Crippen LogP contribution in [0.2, 0.25) is 0 Å². The minimum atomic E-state index is -0.320. The van der Waals surface area contributed by atoms with Gasteiger partial charge in [0.2, 0.25) is 5.88 Å². The molecule has 29 heavy (non-hydrogen) atoms. The fourth-order valence-electron chi connectivity index (χ4n) is 2.61. The summed E-state index contributed by atoms with van der Waals surface area (Å²) in [5.74, 6) is 1.62. The molecule has 0 spiro atoms. The van der Waals surface area contributed by atoms with E-state index in [0.29, 0.717) is 23.1 Å². The average Bonchev–Trinajstić information content (AvgIpc) is 3.20. The summed E-state index contributed by atoms with van der Waals surface area (Å²) in [5.41, 5.74) is 2.49. The smallest absolute Gasteiger partial charge is 0.319 e. The molecule has 0 radical (unpaired) electrons. The van der Waals surface area contributed by atoms with Gasteiger partial charge in [-0.05, 0) is 44.0 Å². The number of rotatable bonds is 7. The maximum Gasteiger partial charge on any atom is 0.319 e. The number of carbonyl (C=O) groups excluding carboxylic acids is 1. The van der Waals surface area contributed by atoms with Gasteiger partial charge in [-0.1, -0.05) is 13.0 Å². The first kappa shape index (κ1) is 20.6. The average molecular weight is 413 g/mol. The Labute approximate surface area is 174 Å². The third-order valence-corrected chi connectivity index (χ3v) is 5.20. The van der Waals surface area contributed by atoms with E-state index in [-0.39, 0.29) is 12.1 Å². The van der Waals surface area contributed by atoms with Crippen molar-refractivity contribution in [1.82, 2.24) is 15.3 Å². The second-order valence-corrected chi connectivity index (χ2v) is 7.42. The van der Waals surface area contributed by atoms with Gasteiger partial charge in [-0.25, -0.2) is 14.8 Å². The molecule has 0 aliphatic carbocycles. The Balaban J connectivity index is 1.58. The maximum absolute atomic E-state index is 12.2. The molecule has 0 bridgehead atoms. The zero-order chi connectivity index (χ0) is 20.8. The number of anilines is 1. The number of carbonyl (C=O) groups is 1. The molecule has 8 heteroatoms. The second kappa shape index (κ2) is 9.38. The lowest BCUT2D eigenvalue weighted by molar-refractivity contribution is 0.249. The highest BCUT2D eigenvalue weighted by Crippen LogP contribution is 2.31. The van der Waals surface area contributed by atoms with Crippen LogP contribution in [0.3, 0.4) is 0 Å². The van der Waals surface area contributed by atoms with Gasteiger partial charge in [0, 0.05) is 11.4 Å². The number of pyridine rings is 1. The summed E-state index contributed by atoms with van der Waals surface area (Å²) in [7, 11) is 1.59. The Bertz CT molecular complexity index is 972. The molecule has 152 valence electrons. The number of ether oxygens (including phenoxy) is 2. The normalized spacial score (nSPS) is 11.6. The summed E-state index contributed by atoms with van der Waals surface area (Å²) in [6.45, 7) is 5.94. The van der Waals surface area contributed by atoms with E-state index in [2.05, 4.69) is 27.5 Å². The largest absolute Gasteiger partial charge is 0.493 e. The van der Waals surface area contributed by atoms with E-state index in [1.807, 2.05) is 37.4 Å². The zero-order valence-corrected chi connectivity index (χ0v) is 17.7. The van der Waals surface area contributed by atoms with Gasteiger partial charge in [0.15, 0.2) is 11.5 Å². The fourth-order valence-corrected chi connectivity index (χ4v) is 3.45. The van der Waals surface area contributed by atoms with Crippen molar-refractivity contribution in [1.29, 1.82) is 0 Å². The van der Waals surface area contributed by atoms with E-state index in [1.54, 1.807) is 30.6 Å². The maximum atomic E-state index is 12.2. The fraction of sp³-hybridized carbons (Fsp3) is 0.286. The molecule has 2 N–H and O–H groups in total. The number of nitrogens with zero attached hydrogens (tertiary/aromatic N) is 2. The van der Waals surface area contributed by atoms with Gasteiger partial charge >= 0.3 is 6.03 Å². The van der Waals surface area contributed by atoms with Crippen molar-refractivity contribution in [3.63, 3.8) is 0 Å². The van der Waals surface area contributed by atoms with Crippen molar-refractivity contribution < 1.29 is 14.3 Å². The molecule has 1 unspecified atom stereocenters. The SMILES string of the molecule is CCc1nc(C(C)NC(=O)Nc2ccc(Oc3ccc(C)cc3OC)nc2)cs1. The van der Waals surface area contributed by atoms with Crippen molar-refractivity contribution in [2.75, 3.05) is 12.4 Å². The molecule has 1 aromatic carbocycles. The highest BCUT2D eigenvalue weighted by atomic mass is 32.1. The van der Waals surface area contributed by atoms with Crippen LogP contribution >= 0.6 is 11.3 Å². The summed E-state index contributed by atoms with van der Waals surface area (Å²) < 4.78 is 11.1. The van der Waals surface area contributed by atoms with Crippen molar-refractivity contribution >= 4 is 23.1 Å². The Morgan fingerprint density at radius 3 is 2.72 bits per heavy atom. The third-order valence-electron chi connectivity index (χ3n) is 4.19. The first-order chi connectivity index (χ1) is 14.0. The molecular formula is C21H24N4O3S. The molecule has 3 rings (SSSR count). The first-order valence-corrected chi connectivity index (χ1v) is 10.2. The van der Waals surface area contributed by atoms with Crippen molar-refractivity contribution in [2.24, 2.45) is 0 Å². The number of amides is 2. The van der Waals surface area contributed by atoms with Gasteiger partial charge in [-0.2, -0.15) is 0 Å². The van der Waals surface area contributed by atoms with Crippen molar-refractivity contribution in [3.8, 4) is 17.4 Å². The van der Waals surface area contributed by atoms with Crippen LogP contribution in [0.25, 0.3) is 0 Å². The van der Waals surface area contributed by atoms with Crippen LogP contribution in [0.15, 0.2) is 41.9 Å². The lowest BCUT2D eigenvalue weighted by atomic mass is 10.2. The van der Waals surface area contributed by atoms with Gasteiger partial charge in [0.05, 0.1) is 35.7 Å². The molecule has 2 aromatic heterocycles. The van der Waals surface area contributed by atoms with Crippen LogP contribution in [0.5, 0.6) is 17.4 Å². The van der Waals surface area contributed by atoms with Crippen LogP contribution in [-0.4, -0.2) is 23.1 Å². The minimum absolute atomic E-state index is 0.184. The standard InChI is InChI=1S/C21H24N4O3S/c1-5-20-25-16(12-29-20)14(3)23-21(26)24-15-7-9-19(22-11-15)28-17-8-6-13(2)10-18(17)27-4/h6-12,14H,5H2,1-4H3,(H2,23,24,26). The lowest BCUT2D eigenvalue weighted by Crippen LogP contribution is -2.31. The Hall–Kier alpha value is -3.13. The molecule has 2 heterocycles. The molecule has 0 aliphatic heterocycles. The topological polar surface area (TPSA) is 85.4 Å². The van der Waals surface area contributed by atoms with Crippen LogP contribution in [0, 0.1) is 6.92 Å². The zero-order valence-electron chi connectivity index (χ0n) is 16.9. The summed E-state index contributed by atoms with van der Waals surface area (Å²) in [6.07, 6.45) is 2.43. The highest BCUT2D eigenvalue weighted by Gasteiger charge is 2.13. The predicted octanol–water partition coefficient (Wildman–Crippen LogP) is 5.09. The summed E-state index contributed by atoms with van der Waals surface area (Å²) >= 11 is 1.60. The molecular weight excluding hydrogens is 388 g/mol. The van der Waals surface area contributed by atoms with Gasteiger partial charge in [-0.15, -0.1) is 11.3 Å². The number of thiazole rings is 1. The van der Waals surface area contributed by atoms with Crippen LogP contribution < -0.4 is 20.1 Å². The Morgan fingerprint density at radius 1 is 1.24 bits per heavy atom. The van der Waals surface area contributed by atoms with Gasteiger partial charge in [0.25, 0.3) is 0 Å². The molecule has 0 saturated heterocycles. The predicted molar refractivity (Wildman–Crippen MR) is 114 cm³/mol. The van der Waals surface area contributed by atoms with Gasteiger partial charge < -0.3 is 20.1 Å². The Kier molecular flexibility index (Phi) is 6.66. The molecule has 0 aliphatic rings. The van der Waals surface area contributed by atoms with Crippen LogP contribution in [-0.2, 0) is 6.42 Å². The van der Waals surface area contributed by atoms with E-state index in [1.165, 1.54) is 6.20 Å². The monoisotopic (exact) mass is 412 g/mol.